The molecule has 0 fully saturated rings. The summed E-state index contributed by atoms with van der Waals surface area (Å²) in [6.07, 6.45) is 1.86. The number of halogens is 2. The van der Waals surface area contributed by atoms with E-state index in [1.54, 1.807) is 18.2 Å². The lowest BCUT2D eigenvalue weighted by Crippen LogP contribution is -2.21. The molecule has 0 N–H and O–H groups in total. The quantitative estimate of drug-likeness (QED) is 0.671. The standard InChI is InChI=1S/C20H19Cl2N3O/c1-4-24(3)15-7-5-14(6-8-15)11-17-13(2)23-25(20(17)26)16-9-10-18(21)19(22)12-16/h5-12H,4H2,1-3H3/b17-11+. The van der Waals surface area contributed by atoms with E-state index in [9.17, 15) is 4.79 Å². The third kappa shape index (κ3) is 3.62. The summed E-state index contributed by atoms with van der Waals surface area (Å²) >= 11 is 12.0. The van der Waals surface area contributed by atoms with Crippen molar-refractivity contribution in [2.24, 2.45) is 5.10 Å². The highest BCUT2D eigenvalue weighted by Crippen LogP contribution is 2.31. The number of amides is 1. The van der Waals surface area contributed by atoms with Crippen LogP contribution in [0.1, 0.15) is 19.4 Å². The Labute approximate surface area is 163 Å². The van der Waals surface area contributed by atoms with Crippen molar-refractivity contribution in [1.29, 1.82) is 0 Å². The van der Waals surface area contributed by atoms with Gasteiger partial charge in [0.1, 0.15) is 0 Å². The molecule has 0 aliphatic carbocycles. The van der Waals surface area contributed by atoms with E-state index in [2.05, 4.69) is 16.9 Å². The van der Waals surface area contributed by atoms with E-state index in [1.807, 2.05) is 44.3 Å². The fourth-order valence-electron chi connectivity index (χ4n) is 2.65. The molecule has 1 aliphatic rings. The normalized spacial score (nSPS) is 15.6. The Hall–Kier alpha value is -2.30. The van der Waals surface area contributed by atoms with Gasteiger partial charge in [0.05, 0.1) is 27.0 Å². The number of hydrogen-bond donors (Lipinski definition) is 0. The predicted molar refractivity (Wildman–Crippen MR) is 110 cm³/mol. The molecule has 0 atom stereocenters. The zero-order valence-electron chi connectivity index (χ0n) is 14.8. The maximum absolute atomic E-state index is 12.8. The molecule has 26 heavy (non-hydrogen) atoms. The lowest BCUT2D eigenvalue weighted by atomic mass is 10.1. The second-order valence-corrected chi connectivity index (χ2v) is 6.88. The second-order valence-electron chi connectivity index (χ2n) is 6.06. The lowest BCUT2D eigenvalue weighted by molar-refractivity contribution is -0.114. The first-order valence-corrected chi connectivity index (χ1v) is 9.04. The van der Waals surface area contributed by atoms with Crippen LogP contribution in [0.15, 0.2) is 53.1 Å². The summed E-state index contributed by atoms with van der Waals surface area (Å²) in [5.41, 5.74) is 3.90. The smallest absolute Gasteiger partial charge is 0.280 e. The third-order valence-corrected chi connectivity index (χ3v) is 5.07. The van der Waals surface area contributed by atoms with E-state index in [1.165, 1.54) is 5.01 Å². The number of hydrogen-bond acceptors (Lipinski definition) is 3. The van der Waals surface area contributed by atoms with Crippen molar-refractivity contribution in [3.05, 3.63) is 63.6 Å². The fourth-order valence-corrected chi connectivity index (χ4v) is 2.94. The minimum Gasteiger partial charge on any atom is -0.375 e. The topological polar surface area (TPSA) is 35.9 Å². The van der Waals surface area contributed by atoms with Crippen molar-refractivity contribution < 1.29 is 4.79 Å². The van der Waals surface area contributed by atoms with Gasteiger partial charge in [-0.15, -0.1) is 0 Å². The first kappa shape index (κ1) is 18.5. The Morgan fingerprint density at radius 1 is 1.12 bits per heavy atom. The Bertz CT molecular complexity index is 904. The van der Waals surface area contributed by atoms with Crippen LogP contribution in [0.5, 0.6) is 0 Å². The van der Waals surface area contributed by atoms with Crippen molar-refractivity contribution in [3.8, 4) is 0 Å². The molecule has 0 bridgehead atoms. The molecule has 2 aromatic carbocycles. The van der Waals surface area contributed by atoms with Gasteiger partial charge in [0.15, 0.2) is 0 Å². The summed E-state index contributed by atoms with van der Waals surface area (Å²) in [7, 11) is 2.04. The first-order chi connectivity index (χ1) is 12.4. The highest BCUT2D eigenvalue weighted by atomic mass is 35.5. The van der Waals surface area contributed by atoms with Gasteiger partial charge >= 0.3 is 0 Å². The zero-order chi connectivity index (χ0) is 18.8. The average Bonchev–Trinajstić information content (AvgIpc) is 2.92. The van der Waals surface area contributed by atoms with Gasteiger partial charge in [-0.05, 0) is 55.8 Å². The van der Waals surface area contributed by atoms with Gasteiger partial charge in [0.25, 0.3) is 5.91 Å². The lowest BCUT2D eigenvalue weighted by Gasteiger charge is -2.16. The molecule has 0 aromatic heterocycles. The van der Waals surface area contributed by atoms with E-state index in [0.717, 1.165) is 17.8 Å². The third-order valence-electron chi connectivity index (χ3n) is 4.33. The molecule has 134 valence electrons. The first-order valence-electron chi connectivity index (χ1n) is 8.28. The molecule has 1 amide bonds. The summed E-state index contributed by atoms with van der Waals surface area (Å²) in [6.45, 7) is 4.86. The monoisotopic (exact) mass is 387 g/mol. The van der Waals surface area contributed by atoms with Crippen molar-refractivity contribution in [1.82, 2.24) is 0 Å². The summed E-state index contributed by atoms with van der Waals surface area (Å²) in [5.74, 6) is -0.185. The SMILES string of the molecule is CCN(C)c1ccc(/C=C2/C(=O)N(c3ccc(Cl)c(Cl)c3)N=C2C)cc1. The van der Waals surface area contributed by atoms with Crippen molar-refractivity contribution in [2.75, 3.05) is 23.5 Å². The van der Waals surface area contributed by atoms with Gasteiger partial charge in [-0.25, -0.2) is 0 Å². The highest BCUT2D eigenvalue weighted by molar-refractivity contribution is 6.42. The number of carbonyl (C=O) groups is 1. The minimum atomic E-state index is -0.185. The predicted octanol–water partition coefficient (Wildman–Crippen LogP) is 5.26. The summed E-state index contributed by atoms with van der Waals surface area (Å²) < 4.78 is 0. The number of rotatable bonds is 4. The van der Waals surface area contributed by atoms with Gasteiger partial charge in [0, 0.05) is 19.3 Å². The number of nitrogens with zero attached hydrogens (tertiary/aromatic N) is 3. The average molecular weight is 388 g/mol. The summed E-state index contributed by atoms with van der Waals surface area (Å²) in [5, 5.41) is 6.55. The molecule has 4 nitrogen and oxygen atoms in total. The molecular weight excluding hydrogens is 369 g/mol. The maximum atomic E-state index is 12.8. The van der Waals surface area contributed by atoms with Crippen LogP contribution in [0, 0.1) is 0 Å². The Balaban J connectivity index is 1.87. The Kier molecular flexibility index (Phi) is 5.35. The largest absolute Gasteiger partial charge is 0.375 e. The van der Waals surface area contributed by atoms with Crippen molar-refractivity contribution in [3.63, 3.8) is 0 Å². The maximum Gasteiger partial charge on any atom is 0.280 e. The van der Waals surface area contributed by atoms with Crippen LogP contribution < -0.4 is 9.91 Å². The summed E-state index contributed by atoms with van der Waals surface area (Å²) in [4.78, 5) is 14.9. The van der Waals surface area contributed by atoms with E-state index in [4.69, 9.17) is 23.2 Å². The van der Waals surface area contributed by atoms with Gasteiger partial charge in [-0.3, -0.25) is 4.79 Å². The van der Waals surface area contributed by atoms with E-state index in [0.29, 0.717) is 27.0 Å². The highest BCUT2D eigenvalue weighted by Gasteiger charge is 2.29. The molecule has 0 saturated heterocycles. The van der Waals surface area contributed by atoms with Gasteiger partial charge in [0.2, 0.25) is 0 Å². The Morgan fingerprint density at radius 3 is 2.42 bits per heavy atom. The van der Waals surface area contributed by atoms with Crippen LogP contribution in [0.2, 0.25) is 10.0 Å². The molecule has 0 radical (unpaired) electrons. The molecular formula is C20H19Cl2N3O. The number of benzene rings is 2. The van der Waals surface area contributed by atoms with Gasteiger partial charge in [-0.2, -0.15) is 10.1 Å². The van der Waals surface area contributed by atoms with E-state index >= 15 is 0 Å². The van der Waals surface area contributed by atoms with Gasteiger partial charge in [-0.1, -0.05) is 35.3 Å². The Morgan fingerprint density at radius 2 is 1.81 bits per heavy atom. The van der Waals surface area contributed by atoms with Crippen molar-refractivity contribution >= 4 is 52.3 Å². The number of anilines is 2. The van der Waals surface area contributed by atoms with Crippen LogP contribution in [0.4, 0.5) is 11.4 Å². The number of hydrazone groups is 1. The molecule has 0 spiro atoms. The molecule has 0 unspecified atom stereocenters. The van der Waals surface area contributed by atoms with Crippen molar-refractivity contribution in [2.45, 2.75) is 13.8 Å². The molecule has 1 heterocycles. The zero-order valence-corrected chi connectivity index (χ0v) is 16.3. The fraction of sp³-hybridized carbons (Fsp3) is 0.200. The van der Waals surface area contributed by atoms with Crippen LogP contribution >= 0.6 is 23.2 Å². The molecule has 1 aliphatic heterocycles. The van der Waals surface area contributed by atoms with E-state index in [-0.39, 0.29) is 5.91 Å². The van der Waals surface area contributed by atoms with Crippen LogP contribution in [-0.2, 0) is 4.79 Å². The van der Waals surface area contributed by atoms with Crippen LogP contribution in [0.25, 0.3) is 6.08 Å². The summed E-state index contributed by atoms with van der Waals surface area (Å²) in [6, 6.07) is 13.1. The minimum absolute atomic E-state index is 0.185. The number of carbonyl (C=O) groups excluding carboxylic acids is 1. The van der Waals surface area contributed by atoms with Gasteiger partial charge < -0.3 is 4.90 Å². The molecule has 3 rings (SSSR count). The van der Waals surface area contributed by atoms with Crippen LogP contribution in [0.3, 0.4) is 0 Å². The van der Waals surface area contributed by atoms with Crippen LogP contribution in [-0.4, -0.2) is 25.2 Å². The molecule has 0 saturated carbocycles. The molecule has 2 aromatic rings. The van der Waals surface area contributed by atoms with E-state index < -0.39 is 0 Å². The molecule has 6 heteroatoms. The second kappa shape index (κ2) is 7.52.